The molecule has 1 N–H and O–H groups in total. The SMILES string of the molecule is COc1cc2nc3c(c(N[C@@H]4CCCN(C(C)C)C4)c2cc1OC)CCCC3. The Kier molecular flexibility index (Phi) is 5.63. The second-order valence-corrected chi connectivity index (χ2v) is 8.42. The number of methoxy groups -OCH3 is 2. The van der Waals surface area contributed by atoms with E-state index in [-0.39, 0.29) is 0 Å². The van der Waals surface area contributed by atoms with Crippen molar-refractivity contribution in [1.29, 1.82) is 0 Å². The van der Waals surface area contributed by atoms with Gasteiger partial charge in [0.1, 0.15) is 0 Å². The first-order valence-corrected chi connectivity index (χ1v) is 10.7. The first kappa shape index (κ1) is 19.3. The number of aryl methyl sites for hydroxylation is 1. The van der Waals surface area contributed by atoms with Crippen LogP contribution in [0, 0.1) is 0 Å². The Bertz CT molecular complexity index is 844. The topological polar surface area (TPSA) is 46.6 Å². The van der Waals surface area contributed by atoms with Gasteiger partial charge in [0.25, 0.3) is 0 Å². The van der Waals surface area contributed by atoms with Crippen LogP contribution >= 0.6 is 0 Å². The third-order valence-electron chi connectivity index (χ3n) is 6.30. The molecule has 1 atom stereocenters. The van der Waals surface area contributed by atoms with E-state index >= 15 is 0 Å². The molecule has 5 heteroatoms. The van der Waals surface area contributed by atoms with E-state index in [2.05, 4.69) is 30.1 Å². The fraction of sp³-hybridized carbons (Fsp3) is 0.609. The Morgan fingerprint density at radius 1 is 1.07 bits per heavy atom. The Morgan fingerprint density at radius 2 is 1.82 bits per heavy atom. The molecule has 1 aliphatic heterocycles. The number of benzene rings is 1. The summed E-state index contributed by atoms with van der Waals surface area (Å²) in [7, 11) is 3.38. The van der Waals surface area contributed by atoms with E-state index in [4.69, 9.17) is 14.5 Å². The lowest BCUT2D eigenvalue weighted by molar-refractivity contribution is 0.175. The molecular formula is C23H33N3O2. The van der Waals surface area contributed by atoms with Crippen molar-refractivity contribution in [1.82, 2.24) is 9.88 Å². The van der Waals surface area contributed by atoms with Crippen LogP contribution in [0.15, 0.2) is 12.1 Å². The largest absolute Gasteiger partial charge is 0.493 e. The molecule has 4 rings (SSSR count). The van der Waals surface area contributed by atoms with Crippen molar-refractivity contribution in [3.8, 4) is 11.5 Å². The fourth-order valence-electron chi connectivity index (χ4n) is 4.71. The second kappa shape index (κ2) is 8.16. The lowest BCUT2D eigenvalue weighted by Crippen LogP contribution is -2.45. The van der Waals surface area contributed by atoms with Crippen molar-refractivity contribution >= 4 is 16.6 Å². The zero-order chi connectivity index (χ0) is 19.7. The minimum Gasteiger partial charge on any atom is -0.493 e. The zero-order valence-corrected chi connectivity index (χ0v) is 17.7. The summed E-state index contributed by atoms with van der Waals surface area (Å²) < 4.78 is 11.1. The Balaban J connectivity index is 1.78. The van der Waals surface area contributed by atoms with Crippen LogP contribution in [-0.4, -0.2) is 49.3 Å². The number of ether oxygens (including phenoxy) is 2. The monoisotopic (exact) mass is 383 g/mol. The molecule has 0 bridgehead atoms. The number of nitrogens with one attached hydrogen (secondary N) is 1. The Labute approximate surface area is 168 Å². The average molecular weight is 384 g/mol. The molecule has 1 aromatic heterocycles. The zero-order valence-electron chi connectivity index (χ0n) is 17.7. The van der Waals surface area contributed by atoms with E-state index in [1.807, 2.05) is 6.07 Å². The van der Waals surface area contributed by atoms with Crippen LogP contribution in [0.25, 0.3) is 10.9 Å². The summed E-state index contributed by atoms with van der Waals surface area (Å²) in [6.07, 6.45) is 7.10. The highest BCUT2D eigenvalue weighted by Crippen LogP contribution is 2.39. The number of rotatable bonds is 5. The smallest absolute Gasteiger partial charge is 0.162 e. The molecule has 0 amide bonds. The third kappa shape index (κ3) is 3.64. The Morgan fingerprint density at radius 3 is 2.57 bits per heavy atom. The molecule has 2 aliphatic rings. The van der Waals surface area contributed by atoms with Crippen LogP contribution in [0.1, 0.15) is 50.8 Å². The highest BCUT2D eigenvalue weighted by Gasteiger charge is 2.25. The first-order valence-electron chi connectivity index (χ1n) is 10.7. The van der Waals surface area contributed by atoms with Crippen molar-refractivity contribution in [2.75, 3.05) is 32.6 Å². The van der Waals surface area contributed by atoms with Gasteiger partial charge in [-0.05, 0) is 70.5 Å². The molecule has 2 heterocycles. The summed E-state index contributed by atoms with van der Waals surface area (Å²) in [4.78, 5) is 7.59. The maximum Gasteiger partial charge on any atom is 0.162 e. The summed E-state index contributed by atoms with van der Waals surface area (Å²) in [5, 5.41) is 5.10. The van der Waals surface area contributed by atoms with Crippen LogP contribution < -0.4 is 14.8 Å². The van der Waals surface area contributed by atoms with E-state index in [1.54, 1.807) is 14.2 Å². The number of piperidine rings is 1. The molecule has 28 heavy (non-hydrogen) atoms. The normalized spacial score (nSPS) is 20.2. The van der Waals surface area contributed by atoms with E-state index < -0.39 is 0 Å². The number of likely N-dealkylation sites (tertiary alicyclic amines) is 1. The minimum atomic E-state index is 0.473. The van der Waals surface area contributed by atoms with E-state index in [0.29, 0.717) is 12.1 Å². The van der Waals surface area contributed by atoms with Crippen molar-refractivity contribution < 1.29 is 9.47 Å². The molecular weight excluding hydrogens is 350 g/mol. The maximum atomic E-state index is 5.59. The molecule has 5 nitrogen and oxygen atoms in total. The highest BCUT2D eigenvalue weighted by molar-refractivity contribution is 5.96. The molecule has 1 aromatic carbocycles. The number of nitrogens with zero attached hydrogens (tertiary/aromatic N) is 2. The van der Waals surface area contributed by atoms with Gasteiger partial charge in [-0.2, -0.15) is 0 Å². The van der Waals surface area contributed by atoms with Gasteiger partial charge in [-0.25, -0.2) is 0 Å². The summed E-state index contributed by atoms with van der Waals surface area (Å²) >= 11 is 0. The summed E-state index contributed by atoms with van der Waals surface area (Å²) in [5.74, 6) is 1.51. The van der Waals surface area contributed by atoms with Crippen molar-refractivity contribution in [3.05, 3.63) is 23.4 Å². The number of hydrogen-bond acceptors (Lipinski definition) is 5. The van der Waals surface area contributed by atoms with Crippen molar-refractivity contribution in [2.24, 2.45) is 0 Å². The van der Waals surface area contributed by atoms with Crippen LogP contribution in [0.3, 0.4) is 0 Å². The lowest BCUT2D eigenvalue weighted by atomic mass is 9.91. The molecule has 0 saturated carbocycles. The maximum absolute atomic E-state index is 5.59. The van der Waals surface area contributed by atoms with Crippen LogP contribution in [-0.2, 0) is 12.8 Å². The van der Waals surface area contributed by atoms with Gasteiger partial charge in [0, 0.05) is 41.5 Å². The van der Waals surface area contributed by atoms with E-state index in [1.165, 1.54) is 49.2 Å². The van der Waals surface area contributed by atoms with E-state index in [0.717, 1.165) is 41.8 Å². The van der Waals surface area contributed by atoms with E-state index in [9.17, 15) is 0 Å². The number of pyridine rings is 1. The van der Waals surface area contributed by atoms with Crippen LogP contribution in [0.2, 0.25) is 0 Å². The van der Waals surface area contributed by atoms with Crippen LogP contribution in [0.5, 0.6) is 11.5 Å². The fourth-order valence-corrected chi connectivity index (χ4v) is 4.71. The number of fused-ring (bicyclic) bond motifs is 2. The number of hydrogen-bond donors (Lipinski definition) is 1. The molecule has 2 aromatic rings. The first-order chi connectivity index (χ1) is 13.6. The van der Waals surface area contributed by atoms with Crippen molar-refractivity contribution in [2.45, 2.75) is 64.5 Å². The van der Waals surface area contributed by atoms with Gasteiger partial charge in [0.2, 0.25) is 0 Å². The summed E-state index contributed by atoms with van der Waals surface area (Å²) in [5.41, 5.74) is 4.94. The number of aromatic nitrogens is 1. The lowest BCUT2D eigenvalue weighted by Gasteiger charge is -2.37. The Hall–Kier alpha value is -2.01. The van der Waals surface area contributed by atoms with Gasteiger partial charge >= 0.3 is 0 Å². The van der Waals surface area contributed by atoms with Gasteiger partial charge in [0.15, 0.2) is 11.5 Å². The predicted octanol–water partition coefficient (Wildman–Crippen LogP) is 4.42. The average Bonchev–Trinajstić information content (AvgIpc) is 2.72. The predicted molar refractivity (Wildman–Crippen MR) is 115 cm³/mol. The molecule has 152 valence electrons. The molecule has 0 unspecified atom stereocenters. The second-order valence-electron chi connectivity index (χ2n) is 8.42. The molecule has 0 spiro atoms. The molecule has 1 fully saturated rings. The molecule has 0 radical (unpaired) electrons. The molecule has 1 saturated heterocycles. The standard InChI is InChI=1S/C23H33N3O2/c1-15(2)26-11-7-8-16(14-26)24-23-17-9-5-6-10-19(17)25-20-13-22(28-4)21(27-3)12-18(20)23/h12-13,15-16H,5-11,14H2,1-4H3,(H,24,25)/t16-/m1/s1. The van der Waals surface area contributed by atoms with Crippen molar-refractivity contribution in [3.63, 3.8) is 0 Å². The highest BCUT2D eigenvalue weighted by atomic mass is 16.5. The molecule has 1 aliphatic carbocycles. The van der Waals surface area contributed by atoms with Gasteiger partial charge in [-0.15, -0.1) is 0 Å². The quantitative estimate of drug-likeness (QED) is 0.828. The number of anilines is 1. The van der Waals surface area contributed by atoms with Gasteiger partial charge in [-0.3, -0.25) is 9.88 Å². The van der Waals surface area contributed by atoms with Gasteiger partial charge < -0.3 is 14.8 Å². The van der Waals surface area contributed by atoms with Crippen LogP contribution in [0.4, 0.5) is 5.69 Å². The minimum absolute atomic E-state index is 0.473. The third-order valence-corrected chi connectivity index (χ3v) is 6.30. The van der Waals surface area contributed by atoms with Gasteiger partial charge in [0.05, 0.1) is 19.7 Å². The summed E-state index contributed by atoms with van der Waals surface area (Å²) in [6, 6.07) is 5.19. The summed E-state index contributed by atoms with van der Waals surface area (Å²) in [6.45, 7) is 6.89. The van der Waals surface area contributed by atoms with Gasteiger partial charge in [-0.1, -0.05) is 0 Å².